The molecule has 0 N–H and O–H groups in total. The van der Waals surface area contributed by atoms with E-state index in [0.29, 0.717) is 11.8 Å². The first-order valence-corrected chi connectivity index (χ1v) is 11.8. The highest BCUT2D eigenvalue weighted by atomic mass is 19.2. The van der Waals surface area contributed by atoms with Crippen molar-refractivity contribution >= 4 is 0 Å². The van der Waals surface area contributed by atoms with E-state index in [-0.39, 0.29) is 0 Å². The summed E-state index contributed by atoms with van der Waals surface area (Å²) in [4.78, 5) is 0. The summed E-state index contributed by atoms with van der Waals surface area (Å²) in [5.74, 6) is 1.34. The van der Waals surface area contributed by atoms with Crippen LogP contribution in [-0.4, -0.2) is 0 Å². The van der Waals surface area contributed by atoms with E-state index in [9.17, 15) is 8.78 Å². The molecule has 0 atom stereocenters. The Morgan fingerprint density at radius 3 is 2.07 bits per heavy atom. The van der Waals surface area contributed by atoms with E-state index in [1.807, 2.05) is 18.2 Å². The van der Waals surface area contributed by atoms with E-state index in [4.69, 9.17) is 5.26 Å². The molecule has 1 nitrogen and oxygen atoms in total. The van der Waals surface area contributed by atoms with Crippen molar-refractivity contribution in [2.45, 2.75) is 83.0 Å². The summed E-state index contributed by atoms with van der Waals surface area (Å²) in [6.07, 6.45) is 22.9. The third kappa shape index (κ3) is 7.08. The maximum absolute atomic E-state index is 13.5. The van der Waals surface area contributed by atoms with Crippen LogP contribution in [0.3, 0.4) is 0 Å². The van der Waals surface area contributed by atoms with Crippen LogP contribution < -0.4 is 0 Å². The van der Waals surface area contributed by atoms with Gasteiger partial charge in [-0.2, -0.15) is 5.26 Å². The average Bonchev–Trinajstić information content (AvgIpc) is 2.77. The van der Waals surface area contributed by atoms with Crippen molar-refractivity contribution in [1.82, 2.24) is 0 Å². The minimum absolute atomic E-state index is 0.399. The van der Waals surface area contributed by atoms with Crippen LogP contribution in [0, 0.1) is 40.7 Å². The lowest BCUT2D eigenvalue weighted by Gasteiger charge is -2.29. The molecular weight excluding hydrogens is 376 g/mol. The number of rotatable bonds is 8. The molecule has 0 saturated heterocycles. The fraction of sp³-hybridized carbons (Fsp3) is 0.593. The molecule has 1 aromatic rings. The predicted octanol–water partition coefficient (Wildman–Crippen LogP) is 8.24. The van der Waals surface area contributed by atoms with Gasteiger partial charge in [0.1, 0.15) is 0 Å². The molecule has 0 aromatic heterocycles. The monoisotopic (exact) mass is 411 g/mol. The van der Waals surface area contributed by atoms with Crippen LogP contribution in [0.4, 0.5) is 8.78 Å². The van der Waals surface area contributed by atoms with Crippen LogP contribution in [0.1, 0.15) is 88.5 Å². The molecule has 3 heteroatoms. The summed E-state index contributed by atoms with van der Waals surface area (Å²) < 4.78 is 26.6. The number of halogens is 2. The van der Waals surface area contributed by atoms with Crippen LogP contribution >= 0.6 is 0 Å². The fourth-order valence-electron chi connectivity index (χ4n) is 5.41. The van der Waals surface area contributed by atoms with Crippen LogP contribution in [0.15, 0.2) is 42.5 Å². The lowest BCUT2D eigenvalue weighted by Crippen LogP contribution is -2.14. The molecule has 3 rings (SSSR count). The van der Waals surface area contributed by atoms with Gasteiger partial charge in [-0.1, -0.05) is 50.0 Å². The molecule has 2 saturated carbocycles. The third-order valence-corrected chi connectivity index (χ3v) is 7.29. The number of benzene rings is 1. The van der Waals surface area contributed by atoms with Crippen molar-refractivity contribution in [2.75, 3.05) is 0 Å². The molecule has 0 unspecified atom stereocenters. The maximum Gasteiger partial charge on any atom is 0.159 e. The molecule has 0 radical (unpaired) electrons. The summed E-state index contributed by atoms with van der Waals surface area (Å²) in [6, 6.07) is 6.45. The van der Waals surface area contributed by atoms with Gasteiger partial charge >= 0.3 is 0 Å². The van der Waals surface area contributed by atoms with Crippen molar-refractivity contribution in [3.63, 3.8) is 0 Å². The van der Waals surface area contributed by atoms with Crippen molar-refractivity contribution in [3.05, 3.63) is 59.7 Å². The molecule has 2 aliphatic rings. The Morgan fingerprint density at radius 1 is 0.833 bits per heavy atom. The fourth-order valence-corrected chi connectivity index (χ4v) is 5.41. The van der Waals surface area contributed by atoms with Crippen molar-refractivity contribution < 1.29 is 8.78 Å². The van der Waals surface area contributed by atoms with E-state index in [0.717, 1.165) is 30.2 Å². The maximum atomic E-state index is 13.5. The summed E-state index contributed by atoms with van der Waals surface area (Å²) in [5.41, 5.74) is 0.971. The molecule has 0 aliphatic heterocycles. The topological polar surface area (TPSA) is 23.8 Å². The number of hydrogen-bond acceptors (Lipinski definition) is 1. The minimum atomic E-state index is -0.745. The van der Waals surface area contributed by atoms with E-state index in [1.165, 1.54) is 82.4 Å². The zero-order valence-electron chi connectivity index (χ0n) is 18.0. The number of unbranched alkanes of at least 4 members (excludes halogenated alkanes) is 1. The molecule has 0 heterocycles. The van der Waals surface area contributed by atoms with Gasteiger partial charge in [0.25, 0.3) is 0 Å². The molecule has 0 bridgehead atoms. The Bertz CT molecular complexity index is 745. The van der Waals surface area contributed by atoms with E-state index in [2.05, 4.69) is 6.08 Å². The van der Waals surface area contributed by atoms with Gasteiger partial charge in [-0.25, -0.2) is 8.78 Å². The summed E-state index contributed by atoms with van der Waals surface area (Å²) in [5, 5.41) is 8.51. The summed E-state index contributed by atoms with van der Waals surface area (Å²) in [7, 11) is 0. The zero-order chi connectivity index (χ0) is 21.2. The number of hydrogen-bond donors (Lipinski definition) is 0. The molecular formula is C27H35F2N. The van der Waals surface area contributed by atoms with Gasteiger partial charge in [0.15, 0.2) is 11.6 Å². The summed E-state index contributed by atoms with van der Waals surface area (Å²) >= 11 is 0. The third-order valence-electron chi connectivity index (χ3n) is 7.29. The second kappa shape index (κ2) is 12.0. The quantitative estimate of drug-likeness (QED) is 0.240. The molecule has 2 aliphatic carbocycles. The van der Waals surface area contributed by atoms with Crippen molar-refractivity contribution in [2.24, 2.45) is 17.8 Å². The number of nitrogens with zero attached hydrogens (tertiary/aromatic N) is 1. The average molecular weight is 412 g/mol. The molecule has 2 fully saturated rings. The second-order valence-corrected chi connectivity index (χ2v) is 9.33. The van der Waals surface area contributed by atoms with E-state index >= 15 is 0 Å². The predicted molar refractivity (Wildman–Crippen MR) is 119 cm³/mol. The van der Waals surface area contributed by atoms with Gasteiger partial charge in [0, 0.05) is 6.08 Å². The van der Waals surface area contributed by atoms with E-state index in [1.54, 1.807) is 6.07 Å². The van der Waals surface area contributed by atoms with Gasteiger partial charge in [0.05, 0.1) is 6.07 Å². The minimum Gasteiger partial charge on any atom is -0.204 e. The molecule has 162 valence electrons. The standard InChI is InChI=1S/C27H35F2N/c28-26-18-17-25(20-27(26)29)24-15-13-23(14-16-24)8-4-3-7-22-11-9-21(10-12-22)6-2-1-5-19-30/h1-2,5-6,17-18,20-24H,3-4,7-16H2/b5-1+,6-2+/t21-,22-,23-,24-. The first-order chi connectivity index (χ1) is 14.7. The number of allylic oxidation sites excluding steroid dienone is 4. The van der Waals surface area contributed by atoms with Gasteiger partial charge in [0.2, 0.25) is 0 Å². The van der Waals surface area contributed by atoms with Crippen LogP contribution in [-0.2, 0) is 0 Å². The molecule has 0 amide bonds. The van der Waals surface area contributed by atoms with Crippen molar-refractivity contribution in [1.29, 1.82) is 5.26 Å². The Hall–Kier alpha value is -1.95. The normalized spacial score (nSPS) is 27.5. The number of nitriles is 1. The largest absolute Gasteiger partial charge is 0.204 e. The molecule has 1 aromatic carbocycles. The first kappa shape index (κ1) is 22.7. The first-order valence-electron chi connectivity index (χ1n) is 11.8. The van der Waals surface area contributed by atoms with Gasteiger partial charge in [-0.15, -0.1) is 0 Å². The Kier molecular flexibility index (Phi) is 9.12. The lowest BCUT2D eigenvalue weighted by molar-refractivity contribution is 0.273. The van der Waals surface area contributed by atoms with Gasteiger partial charge < -0.3 is 0 Å². The lowest BCUT2D eigenvalue weighted by atomic mass is 9.76. The molecule has 0 spiro atoms. The smallest absolute Gasteiger partial charge is 0.159 e. The Labute approximate surface area is 180 Å². The second-order valence-electron chi connectivity index (χ2n) is 9.33. The van der Waals surface area contributed by atoms with Crippen LogP contribution in [0.5, 0.6) is 0 Å². The highest BCUT2D eigenvalue weighted by Crippen LogP contribution is 2.38. The van der Waals surface area contributed by atoms with Crippen LogP contribution in [0.25, 0.3) is 0 Å². The van der Waals surface area contributed by atoms with Crippen LogP contribution in [0.2, 0.25) is 0 Å². The summed E-state index contributed by atoms with van der Waals surface area (Å²) in [6.45, 7) is 0. The Morgan fingerprint density at radius 2 is 1.47 bits per heavy atom. The SMILES string of the molecule is N#C/C=C/C=C/[C@H]1CC[C@H](CCCC[C@H]2CC[C@H](c3ccc(F)c(F)c3)CC2)CC1. The highest BCUT2D eigenvalue weighted by Gasteiger charge is 2.23. The van der Waals surface area contributed by atoms with Gasteiger partial charge in [-0.3, -0.25) is 0 Å². The van der Waals surface area contributed by atoms with Gasteiger partial charge in [-0.05, 0) is 92.7 Å². The van der Waals surface area contributed by atoms with Crippen molar-refractivity contribution in [3.8, 4) is 6.07 Å². The van der Waals surface area contributed by atoms with E-state index < -0.39 is 11.6 Å². The molecule has 30 heavy (non-hydrogen) atoms. The zero-order valence-corrected chi connectivity index (χ0v) is 18.0. The highest BCUT2D eigenvalue weighted by molar-refractivity contribution is 5.22. The Balaban J connectivity index is 1.26.